The van der Waals surface area contributed by atoms with Crippen molar-refractivity contribution in [3.05, 3.63) is 52.6 Å². The summed E-state index contributed by atoms with van der Waals surface area (Å²) in [5.74, 6) is 0.766. The minimum atomic E-state index is -0.207. The summed E-state index contributed by atoms with van der Waals surface area (Å²) >= 11 is 0. The Hall–Kier alpha value is -1.98. The third-order valence-electron chi connectivity index (χ3n) is 6.40. The Kier molecular flexibility index (Phi) is 5.65. The molecule has 1 aromatic carbocycles. The van der Waals surface area contributed by atoms with Crippen LogP contribution >= 0.6 is 0 Å². The highest BCUT2D eigenvalue weighted by molar-refractivity contribution is 5.71. The first-order valence-corrected chi connectivity index (χ1v) is 10.7. The number of hydrogen-bond donors (Lipinski definition) is 0. The molecule has 4 nitrogen and oxygen atoms in total. The third-order valence-corrected chi connectivity index (χ3v) is 6.40. The van der Waals surface area contributed by atoms with Gasteiger partial charge in [0.2, 0.25) is 0 Å². The first kappa shape index (κ1) is 19.3. The molecule has 1 fully saturated rings. The lowest BCUT2D eigenvalue weighted by molar-refractivity contribution is -0.879. The van der Waals surface area contributed by atoms with Crippen molar-refractivity contribution >= 4 is 5.82 Å². The van der Waals surface area contributed by atoms with E-state index in [-0.39, 0.29) is 10.5 Å². The van der Waals surface area contributed by atoms with E-state index in [0.29, 0.717) is 19.6 Å². The van der Waals surface area contributed by atoms with Gasteiger partial charge in [-0.15, -0.1) is 0 Å². The van der Waals surface area contributed by atoms with Crippen LogP contribution in [0.3, 0.4) is 0 Å². The maximum Gasteiger partial charge on any atom is 0.129 e. The Balaban J connectivity index is 1.72. The van der Waals surface area contributed by atoms with Gasteiger partial charge in [-0.05, 0) is 67.5 Å². The molecule has 0 bridgehead atoms. The molecule has 0 atom stereocenters. The Morgan fingerprint density at radius 3 is 2.39 bits per heavy atom. The molecule has 2 aromatic rings. The molecule has 0 N–H and O–H groups in total. The Morgan fingerprint density at radius 1 is 1.04 bits per heavy atom. The SMILES string of the molecule is CC[N+]1([O-])CCN(c2cc(-c3ccc(F)cc3)c3c(n2)CCCCCC3)CC1. The van der Waals surface area contributed by atoms with Crippen molar-refractivity contribution in [3.8, 4) is 11.1 Å². The molecule has 4 rings (SSSR count). The number of benzene rings is 1. The standard InChI is InChI=1S/C23H30FN3O/c1-2-27(28)15-13-26(14-16-27)23-17-21(18-9-11-19(24)12-10-18)20-7-5-3-4-6-8-22(20)25-23/h9-12,17H,2-8,13-16H2,1H3. The van der Waals surface area contributed by atoms with Gasteiger partial charge in [-0.1, -0.05) is 25.0 Å². The van der Waals surface area contributed by atoms with Gasteiger partial charge < -0.3 is 14.8 Å². The zero-order valence-corrected chi connectivity index (χ0v) is 16.8. The summed E-state index contributed by atoms with van der Waals surface area (Å²) in [5, 5.41) is 12.6. The molecule has 150 valence electrons. The Labute approximate surface area is 167 Å². The van der Waals surface area contributed by atoms with E-state index in [1.54, 1.807) is 0 Å². The van der Waals surface area contributed by atoms with Gasteiger partial charge in [0.25, 0.3) is 0 Å². The molecule has 0 spiro atoms. The van der Waals surface area contributed by atoms with Crippen LogP contribution in [0.2, 0.25) is 0 Å². The number of fused-ring (bicyclic) bond motifs is 1. The molecule has 1 aromatic heterocycles. The fourth-order valence-corrected chi connectivity index (χ4v) is 4.47. The van der Waals surface area contributed by atoms with Crippen molar-refractivity contribution in [2.24, 2.45) is 0 Å². The van der Waals surface area contributed by atoms with Gasteiger partial charge in [0.1, 0.15) is 11.6 Å². The molecule has 28 heavy (non-hydrogen) atoms. The molecule has 0 unspecified atom stereocenters. The van der Waals surface area contributed by atoms with Crippen LogP contribution in [0.1, 0.15) is 43.9 Å². The van der Waals surface area contributed by atoms with Gasteiger partial charge in [0.15, 0.2) is 0 Å². The van der Waals surface area contributed by atoms with Crippen LogP contribution in [0, 0.1) is 11.0 Å². The number of aryl methyl sites for hydroxylation is 1. The summed E-state index contributed by atoms with van der Waals surface area (Å²) in [7, 11) is 0. The van der Waals surface area contributed by atoms with Crippen LogP contribution < -0.4 is 4.90 Å². The number of anilines is 1. The van der Waals surface area contributed by atoms with E-state index in [0.717, 1.165) is 37.3 Å². The van der Waals surface area contributed by atoms with Crippen LogP contribution in [-0.4, -0.2) is 42.4 Å². The lowest BCUT2D eigenvalue weighted by atomic mass is 9.90. The zero-order chi connectivity index (χ0) is 19.6. The number of halogens is 1. The van der Waals surface area contributed by atoms with Gasteiger partial charge in [0, 0.05) is 5.69 Å². The van der Waals surface area contributed by atoms with Crippen LogP contribution in [-0.2, 0) is 12.8 Å². The van der Waals surface area contributed by atoms with E-state index in [1.165, 1.54) is 54.6 Å². The van der Waals surface area contributed by atoms with E-state index in [9.17, 15) is 9.60 Å². The first-order chi connectivity index (χ1) is 13.6. The minimum absolute atomic E-state index is 0.105. The van der Waals surface area contributed by atoms with Gasteiger partial charge in [-0.25, -0.2) is 9.37 Å². The average molecular weight is 384 g/mol. The quantitative estimate of drug-likeness (QED) is 0.570. The first-order valence-electron chi connectivity index (χ1n) is 10.7. The number of nitrogens with zero attached hydrogens (tertiary/aromatic N) is 3. The second kappa shape index (κ2) is 8.18. The summed E-state index contributed by atoms with van der Waals surface area (Å²) in [4.78, 5) is 7.32. The second-order valence-electron chi connectivity index (χ2n) is 8.18. The Morgan fingerprint density at radius 2 is 1.71 bits per heavy atom. The van der Waals surface area contributed by atoms with Crippen LogP contribution in [0.4, 0.5) is 10.2 Å². The largest absolute Gasteiger partial charge is 0.633 e. The van der Waals surface area contributed by atoms with Crippen molar-refractivity contribution in [2.75, 3.05) is 37.6 Å². The van der Waals surface area contributed by atoms with Crippen molar-refractivity contribution in [1.29, 1.82) is 0 Å². The molecule has 1 saturated heterocycles. The molecule has 1 aliphatic heterocycles. The normalized spacial score (nSPS) is 19.6. The van der Waals surface area contributed by atoms with Gasteiger partial charge in [-0.3, -0.25) is 0 Å². The molecule has 5 heteroatoms. The smallest absolute Gasteiger partial charge is 0.129 e. The van der Waals surface area contributed by atoms with Crippen molar-refractivity contribution in [2.45, 2.75) is 45.4 Å². The fraction of sp³-hybridized carbons (Fsp3) is 0.522. The monoisotopic (exact) mass is 383 g/mol. The maximum atomic E-state index is 13.5. The lowest BCUT2D eigenvalue weighted by Gasteiger charge is -2.48. The predicted molar refractivity (Wildman–Crippen MR) is 112 cm³/mol. The zero-order valence-electron chi connectivity index (χ0n) is 16.8. The van der Waals surface area contributed by atoms with Gasteiger partial charge >= 0.3 is 0 Å². The van der Waals surface area contributed by atoms with E-state index < -0.39 is 0 Å². The van der Waals surface area contributed by atoms with E-state index in [1.807, 2.05) is 19.1 Å². The number of piperazine rings is 1. The van der Waals surface area contributed by atoms with E-state index in [2.05, 4.69) is 11.0 Å². The third kappa shape index (κ3) is 4.06. The number of hydroxylamine groups is 3. The summed E-state index contributed by atoms with van der Waals surface area (Å²) in [6.45, 7) is 5.31. The summed E-state index contributed by atoms with van der Waals surface area (Å²) in [5.41, 5.74) is 4.77. The van der Waals surface area contributed by atoms with Crippen LogP contribution in [0.15, 0.2) is 30.3 Å². The van der Waals surface area contributed by atoms with E-state index in [4.69, 9.17) is 4.98 Å². The molecule has 0 amide bonds. The topological polar surface area (TPSA) is 39.2 Å². The van der Waals surface area contributed by atoms with Gasteiger partial charge in [-0.2, -0.15) is 0 Å². The van der Waals surface area contributed by atoms with Crippen LogP contribution in [0.25, 0.3) is 11.1 Å². The summed E-state index contributed by atoms with van der Waals surface area (Å²) < 4.78 is 13.4. The number of likely N-dealkylation sites (N-methyl/N-ethyl adjacent to an activating group) is 1. The van der Waals surface area contributed by atoms with Gasteiger partial charge in [0.05, 0.1) is 32.7 Å². The number of hydrogen-bond acceptors (Lipinski definition) is 3. The highest BCUT2D eigenvalue weighted by Crippen LogP contribution is 2.33. The molecular formula is C23H30FN3O. The minimum Gasteiger partial charge on any atom is -0.633 e. The van der Waals surface area contributed by atoms with Crippen molar-refractivity contribution in [3.63, 3.8) is 0 Å². The average Bonchev–Trinajstić information content (AvgIpc) is 2.69. The van der Waals surface area contributed by atoms with Crippen molar-refractivity contribution in [1.82, 2.24) is 4.98 Å². The van der Waals surface area contributed by atoms with Crippen LogP contribution in [0.5, 0.6) is 0 Å². The Bertz CT molecular complexity index is 813. The number of pyridine rings is 1. The highest BCUT2D eigenvalue weighted by Gasteiger charge is 2.26. The van der Waals surface area contributed by atoms with E-state index >= 15 is 0 Å². The van der Waals surface area contributed by atoms with Crippen molar-refractivity contribution < 1.29 is 9.04 Å². The number of rotatable bonds is 3. The molecule has 0 saturated carbocycles. The predicted octanol–water partition coefficient (Wildman–Crippen LogP) is 4.70. The molecule has 1 aliphatic carbocycles. The molecule has 2 heterocycles. The molecular weight excluding hydrogens is 353 g/mol. The molecule has 2 aliphatic rings. The second-order valence-corrected chi connectivity index (χ2v) is 8.18. The summed E-state index contributed by atoms with van der Waals surface area (Å²) in [6.07, 6.45) is 6.90. The number of quaternary nitrogens is 1. The fourth-order valence-electron chi connectivity index (χ4n) is 4.47. The summed E-state index contributed by atoms with van der Waals surface area (Å²) in [6, 6.07) is 9.00. The number of aromatic nitrogens is 1. The molecule has 0 radical (unpaired) electrons. The maximum absolute atomic E-state index is 13.5. The lowest BCUT2D eigenvalue weighted by Crippen LogP contribution is -2.56. The highest BCUT2D eigenvalue weighted by atomic mass is 19.1.